The molecular weight excluding hydrogens is 181 g/mol. The largest absolute Gasteiger partial charge is 0.244 e. The van der Waals surface area contributed by atoms with Crippen LogP contribution >= 0.6 is 0 Å². The predicted octanol–water partition coefficient (Wildman–Crippen LogP) is 2.88. The number of hydrogen-bond acceptors (Lipinski definition) is 2. The average Bonchev–Trinajstić information content (AvgIpc) is 2.14. The highest BCUT2D eigenvalue weighted by molar-refractivity contribution is 5.32. The summed E-state index contributed by atoms with van der Waals surface area (Å²) in [5.74, 6) is 0.647. The number of aliphatic imine (C=N–C) groups is 1. The van der Waals surface area contributed by atoms with Crippen molar-refractivity contribution in [2.75, 3.05) is 6.54 Å². The van der Waals surface area contributed by atoms with Crippen LogP contribution in [0.25, 0.3) is 0 Å². The van der Waals surface area contributed by atoms with Crippen LogP contribution < -0.4 is 0 Å². The zero-order valence-electron chi connectivity index (χ0n) is 8.92. The highest BCUT2D eigenvalue weighted by atomic mass is 19.1. The summed E-state index contributed by atoms with van der Waals surface area (Å²) in [5.41, 5.74) is -1.06. The lowest BCUT2D eigenvalue weighted by Gasteiger charge is -2.33. The van der Waals surface area contributed by atoms with E-state index in [9.17, 15) is 9.18 Å². The molecule has 0 saturated heterocycles. The third-order valence-corrected chi connectivity index (χ3v) is 3.23. The molecule has 0 aliphatic heterocycles. The highest BCUT2D eigenvalue weighted by Crippen LogP contribution is 2.37. The van der Waals surface area contributed by atoms with Crippen molar-refractivity contribution in [2.24, 2.45) is 16.8 Å². The number of carbonyl (C=O) groups excluding carboxylic acids is 1. The van der Waals surface area contributed by atoms with Crippen molar-refractivity contribution in [3.8, 4) is 0 Å². The minimum absolute atomic E-state index is 0.180. The molecule has 0 unspecified atom stereocenters. The molecule has 80 valence electrons. The SMILES string of the molecule is CC(C)(F)C1CCC(CN=C=O)CC1. The van der Waals surface area contributed by atoms with Gasteiger partial charge in [0.2, 0.25) is 6.08 Å². The van der Waals surface area contributed by atoms with Crippen molar-refractivity contribution in [2.45, 2.75) is 45.2 Å². The van der Waals surface area contributed by atoms with Crippen LogP contribution in [0.1, 0.15) is 39.5 Å². The van der Waals surface area contributed by atoms with Crippen molar-refractivity contribution in [3.63, 3.8) is 0 Å². The third kappa shape index (κ3) is 3.22. The topological polar surface area (TPSA) is 29.4 Å². The van der Waals surface area contributed by atoms with Gasteiger partial charge >= 0.3 is 0 Å². The molecule has 1 rings (SSSR count). The second-order valence-corrected chi connectivity index (χ2v) is 4.71. The Hall–Kier alpha value is -0.690. The number of halogens is 1. The fourth-order valence-corrected chi connectivity index (χ4v) is 2.20. The third-order valence-electron chi connectivity index (χ3n) is 3.23. The first-order chi connectivity index (χ1) is 6.54. The van der Waals surface area contributed by atoms with Crippen LogP contribution in [0, 0.1) is 11.8 Å². The van der Waals surface area contributed by atoms with E-state index >= 15 is 0 Å². The summed E-state index contributed by atoms with van der Waals surface area (Å²) in [7, 11) is 0. The first kappa shape index (κ1) is 11.4. The fraction of sp³-hybridized carbons (Fsp3) is 0.909. The van der Waals surface area contributed by atoms with Gasteiger partial charge in [-0.3, -0.25) is 0 Å². The Balaban J connectivity index is 2.35. The Morgan fingerprint density at radius 1 is 1.36 bits per heavy atom. The van der Waals surface area contributed by atoms with E-state index in [2.05, 4.69) is 4.99 Å². The quantitative estimate of drug-likeness (QED) is 0.507. The van der Waals surface area contributed by atoms with Crippen molar-refractivity contribution < 1.29 is 9.18 Å². The second-order valence-electron chi connectivity index (χ2n) is 4.71. The van der Waals surface area contributed by atoms with Gasteiger partial charge < -0.3 is 0 Å². The van der Waals surface area contributed by atoms with Gasteiger partial charge in [-0.2, -0.15) is 0 Å². The van der Waals surface area contributed by atoms with E-state index in [4.69, 9.17) is 0 Å². The van der Waals surface area contributed by atoms with Gasteiger partial charge in [0.15, 0.2) is 0 Å². The number of nitrogens with zero attached hydrogens (tertiary/aromatic N) is 1. The molecule has 0 heterocycles. The molecule has 1 fully saturated rings. The molecule has 14 heavy (non-hydrogen) atoms. The standard InChI is InChI=1S/C11H18FNO/c1-11(2,12)10-5-3-9(4-6-10)7-13-8-14/h9-10H,3-7H2,1-2H3. The van der Waals surface area contributed by atoms with Gasteiger partial charge in [-0.1, -0.05) is 0 Å². The predicted molar refractivity (Wildman–Crippen MR) is 53.6 cm³/mol. The number of rotatable bonds is 3. The van der Waals surface area contributed by atoms with E-state index in [1.165, 1.54) is 0 Å². The van der Waals surface area contributed by atoms with E-state index in [1.54, 1.807) is 19.9 Å². The Morgan fingerprint density at radius 2 is 1.93 bits per heavy atom. The monoisotopic (exact) mass is 199 g/mol. The van der Waals surface area contributed by atoms with Crippen molar-refractivity contribution in [1.29, 1.82) is 0 Å². The Kier molecular flexibility index (Phi) is 3.82. The Bertz CT molecular complexity index is 220. The van der Waals surface area contributed by atoms with Crippen LogP contribution in [-0.2, 0) is 4.79 Å². The van der Waals surface area contributed by atoms with E-state index in [-0.39, 0.29) is 5.92 Å². The zero-order chi connectivity index (χ0) is 10.6. The van der Waals surface area contributed by atoms with Crippen molar-refractivity contribution in [1.82, 2.24) is 0 Å². The summed E-state index contributed by atoms with van der Waals surface area (Å²) in [4.78, 5) is 13.5. The average molecular weight is 199 g/mol. The van der Waals surface area contributed by atoms with Gasteiger partial charge in [0.05, 0.1) is 6.54 Å². The van der Waals surface area contributed by atoms with Gasteiger partial charge in [0.1, 0.15) is 5.67 Å². The molecule has 1 aliphatic rings. The van der Waals surface area contributed by atoms with Crippen LogP contribution in [0.15, 0.2) is 4.99 Å². The minimum atomic E-state index is -1.06. The van der Waals surface area contributed by atoms with Gasteiger partial charge in [0, 0.05) is 0 Å². The molecule has 0 radical (unpaired) electrons. The molecule has 0 aromatic rings. The van der Waals surface area contributed by atoms with Gasteiger partial charge in [-0.25, -0.2) is 14.2 Å². The fourth-order valence-electron chi connectivity index (χ4n) is 2.20. The van der Waals surface area contributed by atoms with Gasteiger partial charge in [-0.15, -0.1) is 0 Å². The first-order valence-corrected chi connectivity index (χ1v) is 5.26. The lowest BCUT2D eigenvalue weighted by atomic mass is 9.76. The first-order valence-electron chi connectivity index (χ1n) is 5.26. The lowest BCUT2D eigenvalue weighted by Crippen LogP contribution is -2.30. The smallest absolute Gasteiger partial charge is 0.234 e. The lowest BCUT2D eigenvalue weighted by molar-refractivity contribution is 0.0814. The molecule has 0 aromatic heterocycles. The van der Waals surface area contributed by atoms with Crippen LogP contribution in [0.5, 0.6) is 0 Å². The maximum atomic E-state index is 13.6. The molecule has 0 atom stereocenters. The molecule has 0 N–H and O–H groups in total. The number of isocyanates is 1. The second kappa shape index (κ2) is 4.70. The summed E-state index contributed by atoms with van der Waals surface area (Å²) in [5, 5.41) is 0. The Labute approximate surface area is 84.6 Å². The summed E-state index contributed by atoms with van der Waals surface area (Å²) in [6.07, 6.45) is 5.37. The van der Waals surface area contributed by atoms with Crippen LogP contribution in [0.4, 0.5) is 4.39 Å². The highest BCUT2D eigenvalue weighted by Gasteiger charge is 2.32. The van der Waals surface area contributed by atoms with Gasteiger partial charge in [-0.05, 0) is 51.4 Å². The van der Waals surface area contributed by atoms with E-state index in [0.29, 0.717) is 12.5 Å². The molecule has 0 spiro atoms. The summed E-state index contributed by atoms with van der Waals surface area (Å²) >= 11 is 0. The molecule has 1 saturated carbocycles. The van der Waals surface area contributed by atoms with Gasteiger partial charge in [0.25, 0.3) is 0 Å². The molecule has 0 aromatic carbocycles. The maximum Gasteiger partial charge on any atom is 0.234 e. The molecule has 0 bridgehead atoms. The van der Waals surface area contributed by atoms with Crippen LogP contribution in [-0.4, -0.2) is 18.3 Å². The molecular formula is C11H18FNO. The van der Waals surface area contributed by atoms with Crippen LogP contribution in [0.3, 0.4) is 0 Å². The van der Waals surface area contributed by atoms with Crippen molar-refractivity contribution >= 4 is 6.08 Å². The van der Waals surface area contributed by atoms with Crippen molar-refractivity contribution in [3.05, 3.63) is 0 Å². The van der Waals surface area contributed by atoms with Crippen LogP contribution in [0.2, 0.25) is 0 Å². The molecule has 0 amide bonds. The molecule has 3 heteroatoms. The maximum absolute atomic E-state index is 13.6. The van der Waals surface area contributed by atoms with E-state index in [0.717, 1.165) is 25.7 Å². The van der Waals surface area contributed by atoms with E-state index in [1.807, 2.05) is 0 Å². The minimum Gasteiger partial charge on any atom is -0.244 e. The summed E-state index contributed by atoms with van der Waals surface area (Å²) in [6.45, 7) is 3.88. The zero-order valence-corrected chi connectivity index (χ0v) is 8.92. The summed E-state index contributed by atoms with van der Waals surface area (Å²) in [6, 6.07) is 0. The molecule has 2 nitrogen and oxygen atoms in total. The van der Waals surface area contributed by atoms with E-state index < -0.39 is 5.67 Å². The number of alkyl halides is 1. The summed E-state index contributed by atoms with van der Waals surface area (Å²) < 4.78 is 13.6. The normalized spacial score (nSPS) is 28.2. The Morgan fingerprint density at radius 3 is 2.36 bits per heavy atom. The molecule has 1 aliphatic carbocycles. The number of hydrogen-bond donors (Lipinski definition) is 0.